The van der Waals surface area contributed by atoms with Crippen LogP contribution in [-0.2, 0) is 11.0 Å². The van der Waals surface area contributed by atoms with Gasteiger partial charge in [0.2, 0.25) is 0 Å². The lowest BCUT2D eigenvalue weighted by molar-refractivity contribution is -0.137. The van der Waals surface area contributed by atoms with Gasteiger partial charge < -0.3 is 9.69 Å². The van der Waals surface area contributed by atoms with Gasteiger partial charge in [0, 0.05) is 25.2 Å². The van der Waals surface area contributed by atoms with Crippen LogP contribution in [0.3, 0.4) is 0 Å². The fourth-order valence-corrected chi connectivity index (χ4v) is 2.35. The number of alkyl halides is 3. The largest absolute Gasteiger partial charge is 0.417 e. The first-order valence-corrected chi connectivity index (χ1v) is 6.22. The molecule has 1 aromatic rings. The Morgan fingerprint density at radius 1 is 1.37 bits per heavy atom. The lowest BCUT2D eigenvalue weighted by Gasteiger charge is -2.31. The number of hydrogen-bond acceptors (Lipinski definition) is 3. The number of nitrogens with zero attached hydrogens (tertiary/aromatic N) is 2. The second-order valence-corrected chi connectivity index (χ2v) is 4.89. The fraction of sp³-hybridized carbons (Fsp3) is 0.500. The van der Waals surface area contributed by atoms with E-state index in [1.807, 2.05) is 4.90 Å². The third-order valence-electron chi connectivity index (χ3n) is 3.18. The molecular weight excluding hydrogens is 281 g/mol. The van der Waals surface area contributed by atoms with Crippen LogP contribution in [0.2, 0.25) is 5.02 Å². The second-order valence-electron chi connectivity index (χ2n) is 4.49. The number of aldehydes is 1. The summed E-state index contributed by atoms with van der Waals surface area (Å²) in [5, 5.41) is -0.0145. The number of hydrogen-bond donors (Lipinski definition) is 0. The van der Waals surface area contributed by atoms with Crippen LogP contribution >= 0.6 is 11.6 Å². The monoisotopic (exact) mass is 292 g/mol. The third-order valence-corrected chi connectivity index (χ3v) is 3.46. The standard InChI is InChI=1S/C12H12ClF3N2O/c13-10-5-9(12(14,15)16)6-17-11(10)18-3-1-8(7-19)2-4-18/h5-8H,1-4H2. The van der Waals surface area contributed by atoms with E-state index in [0.29, 0.717) is 31.7 Å². The molecule has 2 rings (SSSR count). The van der Waals surface area contributed by atoms with Gasteiger partial charge in [0.05, 0.1) is 10.6 Å². The van der Waals surface area contributed by atoms with Gasteiger partial charge in [-0.1, -0.05) is 11.6 Å². The van der Waals surface area contributed by atoms with E-state index >= 15 is 0 Å². The van der Waals surface area contributed by atoms with Crippen molar-refractivity contribution in [2.75, 3.05) is 18.0 Å². The summed E-state index contributed by atoms with van der Waals surface area (Å²) in [5.74, 6) is 0.364. The molecule has 2 heterocycles. The minimum absolute atomic E-state index is 0.0145. The Bertz CT molecular complexity index is 471. The lowest BCUT2D eigenvalue weighted by Crippen LogP contribution is -2.34. The Hall–Kier alpha value is -1.30. The van der Waals surface area contributed by atoms with Crippen molar-refractivity contribution in [1.82, 2.24) is 4.98 Å². The van der Waals surface area contributed by atoms with Gasteiger partial charge >= 0.3 is 6.18 Å². The normalized spacial score (nSPS) is 17.6. The highest BCUT2D eigenvalue weighted by molar-refractivity contribution is 6.33. The molecule has 1 saturated heterocycles. The molecule has 0 saturated carbocycles. The molecule has 0 aromatic carbocycles. The Kier molecular flexibility index (Phi) is 3.99. The molecule has 0 atom stereocenters. The van der Waals surface area contributed by atoms with E-state index in [1.54, 1.807) is 0 Å². The van der Waals surface area contributed by atoms with Gasteiger partial charge in [0.1, 0.15) is 12.1 Å². The molecule has 19 heavy (non-hydrogen) atoms. The maximum Gasteiger partial charge on any atom is 0.417 e. The van der Waals surface area contributed by atoms with Crippen LogP contribution in [0, 0.1) is 5.92 Å². The summed E-state index contributed by atoms with van der Waals surface area (Å²) < 4.78 is 37.5. The van der Waals surface area contributed by atoms with Crippen LogP contribution in [-0.4, -0.2) is 24.4 Å². The van der Waals surface area contributed by atoms with Crippen molar-refractivity contribution in [3.8, 4) is 0 Å². The summed E-state index contributed by atoms with van der Waals surface area (Å²) in [5.41, 5.74) is -0.857. The van der Waals surface area contributed by atoms with E-state index in [-0.39, 0.29) is 10.9 Å². The number of carbonyl (C=O) groups is 1. The van der Waals surface area contributed by atoms with Gasteiger partial charge in [-0.25, -0.2) is 4.98 Å². The number of piperidine rings is 1. The van der Waals surface area contributed by atoms with E-state index in [2.05, 4.69) is 4.98 Å². The van der Waals surface area contributed by atoms with Crippen molar-refractivity contribution < 1.29 is 18.0 Å². The van der Waals surface area contributed by atoms with Crippen molar-refractivity contribution in [1.29, 1.82) is 0 Å². The fourth-order valence-electron chi connectivity index (χ4n) is 2.07. The topological polar surface area (TPSA) is 33.2 Å². The van der Waals surface area contributed by atoms with E-state index in [0.717, 1.165) is 18.5 Å². The van der Waals surface area contributed by atoms with Gasteiger partial charge in [-0.15, -0.1) is 0 Å². The Labute approximate surface area is 113 Å². The average molecular weight is 293 g/mol. The zero-order valence-corrected chi connectivity index (χ0v) is 10.7. The molecule has 0 unspecified atom stereocenters. The first kappa shape index (κ1) is 14.1. The molecule has 0 N–H and O–H groups in total. The van der Waals surface area contributed by atoms with E-state index in [1.165, 1.54) is 0 Å². The first-order chi connectivity index (χ1) is 8.91. The molecule has 0 bridgehead atoms. The number of aromatic nitrogens is 1. The van der Waals surface area contributed by atoms with Crippen LogP contribution in [0.25, 0.3) is 0 Å². The molecule has 0 amide bonds. The highest BCUT2D eigenvalue weighted by atomic mass is 35.5. The highest BCUT2D eigenvalue weighted by Crippen LogP contribution is 2.34. The van der Waals surface area contributed by atoms with Crippen molar-refractivity contribution >= 4 is 23.7 Å². The quantitative estimate of drug-likeness (QED) is 0.785. The highest BCUT2D eigenvalue weighted by Gasteiger charge is 2.32. The maximum absolute atomic E-state index is 12.5. The Balaban J connectivity index is 2.16. The van der Waals surface area contributed by atoms with Crippen LogP contribution in [0.15, 0.2) is 12.3 Å². The van der Waals surface area contributed by atoms with Crippen molar-refractivity contribution in [2.24, 2.45) is 5.92 Å². The number of carbonyl (C=O) groups excluding carboxylic acids is 1. The molecule has 0 spiro atoms. The number of rotatable bonds is 2. The van der Waals surface area contributed by atoms with Crippen molar-refractivity contribution in [3.05, 3.63) is 22.8 Å². The summed E-state index contributed by atoms with van der Waals surface area (Å²) in [4.78, 5) is 16.3. The summed E-state index contributed by atoms with van der Waals surface area (Å²) in [6.07, 6.45) is -1.41. The van der Waals surface area contributed by atoms with Crippen molar-refractivity contribution in [2.45, 2.75) is 19.0 Å². The summed E-state index contributed by atoms with van der Waals surface area (Å²) >= 11 is 5.87. The van der Waals surface area contributed by atoms with Gasteiger partial charge in [-0.3, -0.25) is 0 Å². The molecule has 0 aliphatic carbocycles. The smallest absolute Gasteiger partial charge is 0.355 e. The van der Waals surface area contributed by atoms with E-state index < -0.39 is 11.7 Å². The minimum Gasteiger partial charge on any atom is -0.355 e. The predicted octanol–water partition coefficient (Wildman–Crippen LogP) is 3.17. The zero-order valence-electron chi connectivity index (χ0n) is 9.95. The van der Waals surface area contributed by atoms with Gasteiger partial charge in [0.15, 0.2) is 0 Å². The van der Waals surface area contributed by atoms with Gasteiger partial charge in [0.25, 0.3) is 0 Å². The molecule has 104 valence electrons. The maximum atomic E-state index is 12.5. The Morgan fingerprint density at radius 3 is 2.47 bits per heavy atom. The molecule has 1 aliphatic rings. The van der Waals surface area contributed by atoms with E-state index in [9.17, 15) is 18.0 Å². The number of halogens is 4. The molecule has 1 aromatic heterocycles. The first-order valence-electron chi connectivity index (χ1n) is 5.85. The van der Waals surface area contributed by atoms with Crippen LogP contribution in [0.5, 0.6) is 0 Å². The molecule has 7 heteroatoms. The second kappa shape index (κ2) is 5.36. The van der Waals surface area contributed by atoms with Crippen LogP contribution < -0.4 is 4.90 Å². The SMILES string of the molecule is O=CC1CCN(c2ncc(C(F)(F)F)cc2Cl)CC1. The van der Waals surface area contributed by atoms with Crippen LogP contribution in [0.4, 0.5) is 19.0 Å². The van der Waals surface area contributed by atoms with Gasteiger partial charge in [-0.05, 0) is 18.9 Å². The van der Waals surface area contributed by atoms with E-state index in [4.69, 9.17) is 11.6 Å². The molecular formula is C12H12ClF3N2O. The third kappa shape index (κ3) is 3.18. The average Bonchev–Trinajstić information content (AvgIpc) is 2.38. The summed E-state index contributed by atoms with van der Waals surface area (Å²) in [6.45, 7) is 1.14. The van der Waals surface area contributed by atoms with Crippen LogP contribution in [0.1, 0.15) is 18.4 Å². The minimum atomic E-state index is -4.44. The van der Waals surface area contributed by atoms with Crippen molar-refractivity contribution in [3.63, 3.8) is 0 Å². The molecule has 3 nitrogen and oxygen atoms in total. The summed E-state index contributed by atoms with van der Waals surface area (Å²) in [6, 6.07) is 0.885. The Morgan fingerprint density at radius 2 is 2.00 bits per heavy atom. The molecule has 0 radical (unpaired) electrons. The zero-order chi connectivity index (χ0) is 14.0. The molecule has 1 aliphatic heterocycles. The summed E-state index contributed by atoms with van der Waals surface area (Å²) in [7, 11) is 0. The molecule has 1 fully saturated rings. The van der Waals surface area contributed by atoms with Gasteiger partial charge in [-0.2, -0.15) is 13.2 Å². The lowest BCUT2D eigenvalue weighted by atomic mass is 9.99. The number of anilines is 1. The predicted molar refractivity (Wildman–Crippen MR) is 65.3 cm³/mol. The number of pyridine rings is 1.